The summed E-state index contributed by atoms with van der Waals surface area (Å²) in [4.78, 5) is 16.7. The van der Waals surface area contributed by atoms with Gasteiger partial charge in [0.15, 0.2) is 0 Å². The number of hydrogen-bond donors (Lipinski definition) is 2. The topological polar surface area (TPSA) is 80.0 Å². The molecule has 0 aromatic carbocycles. The normalized spacial score (nSPS) is 10.4. The van der Waals surface area contributed by atoms with Crippen molar-refractivity contribution in [1.29, 1.82) is 0 Å². The minimum atomic E-state index is -0.144. The zero-order valence-corrected chi connectivity index (χ0v) is 12.3. The van der Waals surface area contributed by atoms with E-state index in [1.54, 1.807) is 12.1 Å². The maximum atomic E-state index is 12.2. The molecular formula is C15H20N4O2. The highest BCUT2D eigenvalue weighted by atomic mass is 16.5. The van der Waals surface area contributed by atoms with Gasteiger partial charge in [-0.05, 0) is 25.0 Å². The predicted octanol–water partition coefficient (Wildman–Crippen LogP) is 2.38. The lowest BCUT2D eigenvalue weighted by atomic mass is 10.1. The summed E-state index contributed by atoms with van der Waals surface area (Å²) in [5, 5.41) is 9.79. The minimum absolute atomic E-state index is 0.144. The summed E-state index contributed by atoms with van der Waals surface area (Å²) in [5.74, 6) is 0.595. The zero-order valence-electron chi connectivity index (χ0n) is 12.3. The number of aryl methyl sites for hydroxylation is 1. The second-order valence-corrected chi connectivity index (χ2v) is 4.69. The third-order valence-corrected chi connectivity index (χ3v) is 2.98. The van der Waals surface area contributed by atoms with Crippen LogP contribution < -0.4 is 10.6 Å². The lowest BCUT2D eigenvalue weighted by Gasteiger charge is -2.09. The first-order valence-electron chi connectivity index (χ1n) is 7.15. The second-order valence-electron chi connectivity index (χ2n) is 4.69. The van der Waals surface area contributed by atoms with E-state index >= 15 is 0 Å². The lowest BCUT2D eigenvalue weighted by Crippen LogP contribution is -2.23. The molecule has 1 amide bonds. The van der Waals surface area contributed by atoms with E-state index in [1.807, 2.05) is 13.0 Å². The molecule has 2 aromatic heterocycles. The van der Waals surface area contributed by atoms with Gasteiger partial charge in [0.25, 0.3) is 5.91 Å². The van der Waals surface area contributed by atoms with E-state index in [1.165, 1.54) is 6.26 Å². The molecule has 0 unspecified atom stereocenters. The highest BCUT2D eigenvalue weighted by Crippen LogP contribution is 2.12. The largest absolute Gasteiger partial charge is 0.370 e. The molecule has 0 aliphatic carbocycles. The van der Waals surface area contributed by atoms with E-state index in [-0.39, 0.29) is 5.91 Å². The Bertz CT molecular complexity index is 581. The quantitative estimate of drug-likeness (QED) is 0.817. The second kappa shape index (κ2) is 7.42. The van der Waals surface area contributed by atoms with Crippen LogP contribution in [0.2, 0.25) is 0 Å². The Morgan fingerprint density at radius 2 is 2.14 bits per heavy atom. The van der Waals surface area contributed by atoms with E-state index in [4.69, 9.17) is 4.52 Å². The summed E-state index contributed by atoms with van der Waals surface area (Å²) in [6, 6.07) is 5.31. The maximum Gasteiger partial charge on any atom is 0.251 e. The number of hydrogen-bond acceptors (Lipinski definition) is 5. The van der Waals surface area contributed by atoms with Crippen molar-refractivity contribution in [2.24, 2.45) is 0 Å². The average Bonchev–Trinajstić information content (AvgIpc) is 3.03. The summed E-state index contributed by atoms with van der Waals surface area (Å²) < 4.78 is 4.73. The smallest absolute Gasteiger partial charge is 0.251 e. The van der Waals surface area contributed by atoms with Crippen LogP contribution in [0.1, 0.15) is 42.0 Å². The van der Waals surface area contributed by atoms with Crippen LogP contribution in [0.3, 0.4) is 0 Å². The fourth-order valence-corrected chi connectivity index (χ4v) is 1.85. The molecule has 0 saturated carbocycles. The Kier molecular flexibility index (Phi) is 5.31. The van der Waals surface area contributed by atoms with Crippen LogP contribution in [0.5, 0.6) is 0 Å². The first kappa shape index (κ1) is 15.0. The summed E-state index contributed by atoms with van der Waals surface area (Å²) in [6.07, 6.45) is 3.27. The van der Waals surface area contributed by atoms with Gasteiger partial charge in [-0.1, -0.05) is 19.0 Å². The van der Waals surface area contributed by atoms with E-state index in [9.17, 15) is 4.79 Å². The molecule has 2 rings (SSSR count). The molecular weight excluding hydrogens is 268 g/mol. The van der Waals surface area contributed by atoms with Gasteiger partial charge in [0.1, 0.15) is 17.8 Å². The highest BCUT2D eigenvalue weighted by molar-refractivity contribution is 5.94. The predicted molar refractivity (Wildman–Crippen MR) is 80.1 cm³/mol. The van der Waals surface area contributed by atoms with Gasteiger partial charge in [-0.3, -0.25) is 4.79 Å². The Morgan fingerprint density at radius 1 is 1.29 bits per heavy atom. The van der Waals surface area contributed by atoms with Crippen LogP contribution in [0.4, 0.5) is 5.82 Å². The van der Waals surface area contributed by atoms with E-state index in [2.05, 4.69) is 27.7 Å². The Balaban J connectivity index is 2.07. The molecule has 0 aliphatic heterocycles. The van der Waals surface area contributed by atoms with Crippen LogP contribution in [0, 0.1) is 0 Å². The molecule has 0 spiro atoms. The third kappa shape index (κ3) is 4.30. The first-order chi connectivity index (χ1) is 10.2. The van der Waals surface area contributed by atoms with Crippen molar-refractivity contribution in [1.82, 2.24) is 15.5 Å². The standard InChI is InChI=1S/C15H20N4O2/c1-3-6-16-14-9-11(8-12(4-2)18-14)15(20)17-10-13-5-7-21-19-13/h5,7-9H,3-4,6,10H2,1-2H3,(H,16,18)(H,17,20). The number of aromatic nitrogens is 2. The fraction of sp³-hybridized carbons (Fsp3) is 0.400. The SMILES string of the molecule is CCCNc1cc(C(=O)NCc2ccon2)cc(CC)n1. The van der Waals surface area contributed by atoms with Gasteiger partial charge >= 0.3 is 0 Å². The van der Waals surface area contributed by atoms with Gasteiger partial charge in [-0.25, -0.2) is 4.98 Å². The maximum absolute atomic E-state index is 12.2. The Hall–Kier alpha value is -2.37. The summed E-state index contributed by atoms with van der Waals surface area (Å²) in [7, 11) is 0. The van der Waals surface area contributed by atoms with Gasteiger partial charge in [-0.2, -0.15) is 0 Å². The van der Waals surface area contributed by atoms with Gasteiger partial charge in [0.2, 0.25) is 0 Å². The number of nitrogens with one attached hydrogen (secondary N) is 2. The number of rotatable bonds is 7. The van der Waals surface area contributed by atoms with Crippen LogP contribution in [-0.4, -0.2) is 22.6 Å². The average molecular weight is 288 g/mol. The van der Waals surface area contributed by atoms with Crippen molar-refractivity contribution in [3.63, 3.8) is 0 Å². The minimum Gasteiger partial charge on any atom is -0.370 e. The van der Waals surface area contributed by atoms with Crippen LogP contribution in [-0.2, 0) is 13.0 Å². The van der Waals surface area contributed by atoms with Crippen molar-refractivity contribution in [3.05, 3.63) is 41.4 Å². The number of carbonyl (C=O) groups excluding carboxylic acids is 1. The van der Waals surface area contributed by atoms with Gasteiger partial charge in [0.05, 0.1) is 6.54 Å². The van der Waals surface area contributed by atoms with E-state index in [0.717, 1.165) is 30.9 Å². The van der Waals surface area contributed by atoms with Crippen molar-refractivity contribution in [2.45, 2.75) is 33.2 Å². The highest BCUT2D eigenvalue weighted by Gasteiger charge is 2.10. The summed E-state index contributed by atoms with van der Waals surface area (Å²) in [5.41, 5.74) is 2.18. The molecule has 0 atom stereocenters. The Morgan fingerprint density at radius 3 is 2.81 bits per heavy atom. The summed E-state index contributed by atoms with van der Waals surface area (Å²) in [6.45, 7) is 5.28. The monoisotopic (exact) mass is 288 g/mol. The molecule has 0 fully saturated rings. The van der Waals surface area contributed by atoms with Crippen LogP contribution >= 0.6 is 0 Å². The number of anilines is 1. The third-order valence-electron chi connectivity index (χ3n) is 2.98. The van der Waals surface area contributed by atoms with Crippen molar-refractivity contribution < 1.29 is 9.32 Å². The molecule has 2 heterocycles. The van der Waals surface area contributed by atoms with Crippen LogP contribution in [0.15, 0.2) is 29.0 Å². The van der Waals surface area contributed by atoms with Crippen molar-refractivity contribution in [3.8, 4) is 0 Å². The molecule has 6 heteroatoms. The molecule has 2 aromatic rings. The van der Waals surface area contributed by atoms with Gasteiger partial charge in [-0.15, -0.1) is 0 Å². The van der Waals surface area contributed by atoms with Gasteiger partial charge in [0, 0.05) is 23.9 Å². The lowest BCUT2D eigenvalue weighted by molar-refractivity contribution is 0.0950. The molecule has 0 aliphatic rings. The van der Waals surface area contributed by atoms with Crippen LogP contribution in [0.25, 0.3) is 0 Å². The molecule has 0 saturated heterocycles. The fourth-order valence-electron chi connectivity index (χ4n) is 1.85. The first-order valence-corrected chi connectivity index (χ1v) is 7.15. The van der Waals surface area contributed by atoms with Gasteiger partial charge < -0.3 is 15.2 Å². The molecule has 21 heavy (non-hydrogen) atoms. The van der Waals surface area contributed by atoms with E-state index in [0.29, 0.717) is 17.8 Å². The number of carbonyl (C=O) groups is 1. The molecule has 6 nitrogen and oxygen atoms in total. The summed E-state index contributed by atoms with van der Waals surface area (Å²) >= 11 is 0. The molecule has 0 radical (unpaired) electrons. The van der Waals surface area contributed by atoms with Crippen molar-refractivity contribution in [2.75, 3.05) is 11.9 Å². The molecule has 112 valence electrons. The molecule has 0 bridgehead atoms. The Labute approximate surface area is 123 Å². The van der Waals surface area contributed by atoms with Crippen molar-refractivity contribution >= 4 is 11.7 Å². The number of pyridine rings is 1. The number of amides is 1. The zero-order chi connectivity index (χ0) is 15.1. The molecule has 2 N–H and O–H groups in total. The number of nitrogens with zero attached hydrogens (tertiary/aromatic N) is 2. The van der Waals surface area contributed by atoms with E-state index < -0.39 is 0 Å².